The largest absolute Gasteiger partial charge is 0.397 e. The molecule has 0 saturated heterocycles. The molecule has 9 nitrogen and oxygen atoms in total. The molecule has 0 atom stereocenters. The van der Waals surface area contributed by atoms with Crippen LogP contribution in [-0.2, 0) is 24.2 Å². The molecule has 4 rings (SSSR count). The number of rotatable bonds is 6. The van der Waals surface area contributed by atoms with Crippen LogP contribution in [0.4, 0.5) is 25.8 Å². The zero-order valence-corrected chi connectivity index (χ0v) is 17.2. The lowest BCUT2D eigenvalue weighted by Gasteiger charge is -2.30. The summed E-state index contributed by atoms with van der Waals surface area (Å²) in [5, 5.41) is 2.37. The summed E-state index contributed by atoms with van der Waals surface area (Å²) in [5.74, 6) is -2.57. The second kappa shape index (κ2) is 8.30. The Morgan fingerprint density at radius 3 is 2.62 bits per heavy atom. The van der Waals surface area contributed by atoms with Gasteiger partial charge in [-0.3, -0.25) is 14.1 Å². The van der Waals surface area contributed by atoms with Crippen LogP contribution < -0.4 is 15.1 Å². The second-order valence-electron chi connectivity index (χ2n) is 6.99. The van der Waals surface area contributed by atoms with Crippen molar-refractivity contribution in [3.8, 4) is 0 Å². The third-order valence-corrected chi connectivity index (χ3v) is 5.46. The minimum absolute atomic E-state index is 0.0182. The van der Waals surface area contributed by atoms with E-state index in [9.17, 15) is 26.8 Å². The van der Waals surface area contributed by atoms with Crippen LogP contribution in [0.3, 0.4) is 0 Å². The number of carbonyl (C=O) groups is 2. The fraction of sp³-hybridized carbons (Fsp3) is 0.200. The first-order valence-electron chi connectivity index (χ1n) is 9.45. The zero-order valence-electron chi connectivity index (χ0n) is 16.4. The van der Waals surface area contributed by atoms with Gasteiger partial charge in [0.05, 0.1) is 23.7 Å². The second-order valence-corrected chi connectivity index (χ2v) is 8.08. The first kappa shape index (κ1) is 21.9. The van der Waals surface area contributed by atoms with Gasteiger partial charge in [0, 0.05) is 19.5 Å². The van der Waals surface area contributed by atoms with E-state index >= 15 is 0 Å². The van der Waals surface area contributed by atoms with Crippen molar-refractivity contribution in [3.05, 3.63) is 65.5 Å². The highest BCUT2D eigenvalue weighted by molar-refractivity contribution is 7.80. The lowest BCUT2D eigenvalue weighted by atomic mass is 10.0. The highest BCUT2D eigenvalue weighted by Gasteiger charge is 2.41. The molecule has 1 amide bonds. The van der Waals surface area contributed by atoms with Crippen LogP contribution in [0.5, 0.6) is 0 Å². The van der Waals surface area contributed by atoms with E-state index in [-0.39, 0.29) is 42.3 Å². The van der Waals surface area contributed by atoms with E-state index in [2.05, 4.69) is 9.50 Å². The van der Waals surface area contributed by atoms with Crippen LogP contribution in [0.25, 0.3) is 0 Å². The van der Waals surface area contributed by atoms with Crippen LogP contribution >= 0.6 is 0 Å². The molecular formula is C20H17F2N3O6S. The van der Waals surface area contributed by atoms with E-state index in [1.54, 1.807) is 4.90 Å². The van der Waals surface area contributed by atoms with E-state index in [0.29, 0.717) is 5.69 Å². The number of hydrogen-bond acceptors (Lipinski definition) is 7. The minimum Gasteiger partial charge on any atom is -0.325 e. The number of benzene rings is 2. The van der Waals surface area contributed by atoms with Crippen molar-refractivity contribution in [1.82, 2.24) is 0 Å². The monoisotopic (exact) mass is 465 g/mol. The van der Waals surface area contributed by atoms with Gasteiger partial charge in [-0.25, -0.2) is 13.0 Å². The third kappa shape index (κ3) is 4.20. The van der Waals surface area contributed by atoms with E-state index in [1.807, 2.05) is 0 Å². The summed E-state index contributed by atoms with van der Waals surface area (Å²) < 4.78 is 63.0. The van der Waals surface area contributed by atoms with E-state index in [4.69, 9.17) is 4.55 Å². The van der Waals surface area contributed by atoms with Crippen molar-refractivity contribution in [1.29, 1.82) is 0 Å². The van der Waals surface area contributed by atoms with Gasteiger partial charge < -0.3 is 15.1 Å². The molecule has 0 aromatic heterocycles. The van der Waals surface area contributed by atoms with Gasteiger partial charge in [-0.05, 0) is 30.3 Å². The Bertz CT molecular complexity index is 1250. The normalized spacial score (nSPS) is 15.7. The zero-order chi connectivity index (χ0) is 23.0. The summed E-state index contributed by atoms with van der Waals surface area (Å²) in [6.45, 7) is -0.576. The van der Waals surface area contributed by atoms with Gasteiger partial charge in [-0.2, -0.15) is 8.42 Å². The summed E-state index contributed by atoms with van der Waals surface area (Å²) in [7, 11) is -4.74. The summed E-state index contributed by atoms with van der Waals surface area (Å²) in [5.41, 5.74) is 0.364. The van der Waals surface area contributed by atoms with Crippen molar-refractivity contribution in [3.63, 3.8) is 0 Å². The Labute approximate surface area is 181 Å². The van der Waals surface area contributed by atoms with Gasteiger partial charge in [-0.15, -0.1) is 0 Å². The minimum atomic E-state index is -4.74. The number of amides is 1. The maximum Gasteiger partial charge on any atom is 0.397 e. The Morgan fingerprint density at radius 2 is 1.91 bits per heavy atom. The number of nitrogens with zero attached hydrogens (tertiary/aromatic N) is 2. The summed E-state index contributed by atoms with van der Waals surface area (Å²) >= 11 is 0. The molecule has 2 N–H and O–H groups in total. The standard InChI is InChI=1S/C20H17F2N3O6S/c21-12-5-6-15-16(11-12)25(9-10-31-32(28,29)30)20-18(17(26)7-8-24(15)20)19(27)23-14-4-2-1-3-13(14)22/h1-6,11H,7-10H2,(H,23,27)(H,28,29,30). The lowest BCUT2D eigenvalue weighted by molar-refractivity contribution is -0.120. The molecule has 2 heterocycles. The predicted octanol–water partition coefficient (Wildman–Crippen LogP) is 2.23. The van der Waals surface area contributed by atoms with Crippen LogP contribution in [0, 0.1) is 11.6 Å². The van der Waals surface area contributed by atoms with Gasteiger partial charge in [-0.1, -0.05) is 12.1 Å². The molecule has 2 aromatic carbocycles. The van der Waals surface area contributed by atoms with E-state index in [1.165, 1.54) is 41.3 Å². The highest BCUT2D eigenvalue weighted by atomic mass is 32.3. The van der Waals surface area contributed by atoms with Crippen LogP contribution in [0.2, 0.25) is 0 Å². The molecule has 2 aliphatic heterocycles. The van der Waals surface area contributed by atoms with Gasteiger partial charge in [0.2, 0.25) is 0 Å². The number of halogens is 2. The van der Waals surface area contributed by atoms with Gasteiger partial charge in [0.25, 0.3) is 5.91 Å². The van der Waals surface area contributed by atoms with E-state index < -0.39 is 40.3 Å². The fourth-order valence-electron chi connectivity index (χ4n) is 3.71. The maximum atomic E-state index is 14.0. The topological polar surface area (TPSA) is 116 Å². The number of anilines is 3. The molecule has 0 aliphatic carbocycles. The summed E-state index contributed by atoms with van der Waals surface area (Å²) in [6, 6.07) is 9.29. The molecule has 2 aliphatic rings. The molecule has 0 radical (unpaired) electrons. The quantitative estimate of drug-likeness (QED) is 0.493. The van der Waals surface area contributed by atoms with Gasteiger partial charge in [0.15, 0.2) is 5.78 Å². The molecule has 168 valence electrons. The first-order valence-corrected chi connectivity index (χ1v) is 10.8. The van der Waals surface area contributed by atoms with Crippen molar-refractivity contribution >= 4 is 39.2 Å². The number of para-hydroxylation sites is 1. The van der Waals surface area contributed by atoms with Crippen molar-refractivity contribution < 1.29 is 35.5 Å². The first-order chi connectivity index (χ1) is 15.2. The molecule has 32 heavy (non-hydrogen) atoms. The van der Waals surface area contributed by atoms with Gasteiger partial charge >= 0.3 is 10.4 Å². The van der Waals surface area contributed by atoms with Crippen molar-refractivity contribution in [2.75, 3.05) is 34.8 Å². The molecule has 2 aromatic rings. The number of carbonyl (C=O) groups excluding carboxylic acids is 2. The number of ketones is 1. The van der Waals surface area contributed by atoms with Crippen LogP contribution in [0.15, 0.2) is 53.9 Å². The van der Waals surface area contributed by atoms with E-state index in [0.717, 1.165) is 6.07 Å². The third-order valence-electron chi connectivity index (χ3n) is 4.99. The number of Topliss-reactive ketones (excluding diaryl/α,β-unsaturated/α-hetero) is 1. The molecule has 12 heteroatoms. The summed E-state index contributed by atoms with van der Waals surface area (Å²) in [4.78, 5) is 28.7. The number of nitrogens with one attached hydrogen (secondary N) is 1. The Kier molecular flexibility index (Phi) is 5.67. The molecule has 0 spiro atoms. The molecule has 0 fully saturated rings. The van der Waals surface area contributed by atoms with Crippen molar-refractivity contribution in [2.45, 2.75) is 6.42 Å². The SMILES string of the molecule is O=C1CCN2C(=C1C(=O)Nc1ccccc1F)N(CCOS(=O)(=O)O)c1cc(F)ccc12. The van der Waals surface area contributed by atoms with Gasteiger partial charge in [0.1, 0.15) is 23.0 Å². The van der Waals surface area contributed by atoms with Crippen LogP contribution in [0.1, 0.15) is 6.42 Å². The molecular weight excluding hydrogens is 448 g/mol. The van der Waals surface area contributed by atoms with Crippen LogP contribution in [-0.4, -0.2) is 44.4 Å². The smallest absolute Gasteiger partial charge is 0.325 e. The maximum absolute atomic E-state index is 14.0. The molecule has 0 unspecified atom stereocenters. The highest BCUT2D eigenvalue weighted by Crippen LogP contribution is 2.45. The number of fused-ring (bicyclic) bond motifs is 3. The lowest BCUT2D eigenvalue weighted by Crippen LogP contribution is -2.41. The summed E-state index contributed by atoms with van der Waals surface area (Å²) in [6.07, 6.45) is -0.0182. The average Bonchev–Trinajstić information content (AvgIpc) is 3.01. The molecule has 0 saturated carbocycles. The fourth-order valence-corrected chi connectivity index (χ4v) is 4.00. The average molecular weight is 465 g/mol. The Morgan fingerprint density at radius 1 is 1.16 bits per heavy atom. The number of hydrogen-bond donors (Lipinski definition) is 2. The Balaban J connectivity index is 1.77. The predicted molar refractivity (Wildman–Crippen MR) is 110 cm³/mol. The van der Waals surface area contributed by atoms with Crippen molar-refractivity contribution in [2.24, 2.45) is 0 Å². The Hall–Kier alpha value is -3.35. The molecule has 0 bridgehead atoms.